The average molecular weight is 265 g/mol. The second-order valence-corrected chi connectivity index (χ2v) is 5.03. The van der Waals surface area contributed by atoms with Gasteiger partial charge in [0.25, 0.3) is 5.91 Å². The van der Waals surface area contributed by atoms with Crippen molar-refractivity contribution in [3.8, 4) is 0 Å². The molecule has 1 fully saturated rings. The molecule has 5 heteroatoms. The van der Waals surface area contributed by atoms with Crippen LogP contribution in [0.3, 0.4) is 0 Å². The summed E-state index contributed by atoms with van der Waals surface area (Å²) in [6.07, 6.45) is 3.26. The number of hydrogen-bond acceptors (Lipinski definition) is 4. The molecule has 0 bridgehead atoms. The Bertz CT molecular complexity index is 409. The van der Waals surface area contributed by atoms with Gasteiger partial charge in [0.05, 0.1) is 0 Å². The number of carbonyl (C=O) groups is 1. The first-order valence-electron chi connectivity index (χ1n) is 7.21. The second-order valence-electron chi connectivity index (χ2n) is 5.03. The van der Waals surface area contributed by atoms with Crippen molar-refractivity contribution in [3.63, 3.8) is 0 Å². The van der Waals surface area contributed by atoms with Crippen molar-refractivity contribution < 1.29 is 9.32 Å². The van der Waals surface area contributed by atoms with Gasteiger partial charge in [-0.2, -0.15) is 0 Å². The molecule has 1 aliphatic rings. The quantitative estimate of drug-likeness (QED) is 0.731. The van der Waals surface area contributed by atoms with Gasteiger partial charge in [0.15, 0.2) is 5.69 Å². The summed E-state index contributed by atoms with van der Waals surface area (Å²) < 4.78 is 5.17. The molecule has 1 aromatic rings. The van der Waals surface area contributed by atoms with E-state index in [1.54, 1.807) is 6.07 Å². The lowest BCUT2D eigenvalue weighted by atomic mass is 10.2. The highest BCUT2D eigenvalue weighted by Crippen LogP contribution is 2.40. The Morgan fingerprint density at radius 3 is 2.84 bits per heavy atom. The van der Waals surface area contributed by atoms with Crippen molar-refractivity contribution >= 4 is 5.91 Å². The van der Waals surface area contributed by atoms with Crippen molar-refractivity contribution in [1.29, 1.82) is 0 Å². The molecule has 2 rings (SSSR count). The number of carbonyl (C=O) groups excluding carboxylic acids is 1. The largest absolute Gasteiger partial charge is 0.360 e. The first-order chi connectivity index (χ1) is 9.24. The molecule has 1 aromatic heterocycles. The molecular formula is C14H23N3O2. The molecule has 1 heterocycles. The Kier molecular flexibility index (Phi) is 4.96. The Labute approximate surface area is 114 Å². The first kappa shape index (κ1) is 14.1. The van der Waals surface area contributed by atoms with E-state index < -0.39 is 0 Å². The molecule has 0 atom stereocenters. The number of nitrogens with zero attached hydrogens (tertiary/aromatic N) is 2. The zero-order valence-corrected chi connectivity index (χ0v) is 11.8. The van der Waals surface area contributed by atoms with Crippen LogP contribution in [0.5, 0.6) is 0 Å². The minimum atomic E-state index is -0.129. The summed E-state index contributed by atoms with van der Waals surface area (Å²) in [7, 11) is 0. The second kappa shape index (κ2) is 6.70. The zero-order valence-electron chi connectivity index (χ0n) is 11.8. The van der Waals surface area contributed by atoms with E-state index in [1.165, 1.54) is 0 Å². The van der Waals surface area contributed by atoms with Gasteiger partial charge in [-0.15, -0.1) is 0 Å². The van der Waals surface area contributed by atoms with Gasteiger partial charge in [-0.3, -0.25) is 4.79 Å². The van der Waals surface area contributed by atoms with Crippen LogP contribution in [0.2, 0.25) is 0 Å². The maximum Gasteiger partial charge on any atom is 0.273 e. The van der Waals surface area contributed by atoms with Gasteiger partial charge in [-0.1, -0.05) is 19.0 Å². The number of amides is 1. The minimum absolute atomic E-state index is 0.129. The molecule has 19 heavy (non-hydrogen) atoms. The van der Waals surface area contributed by atoms with Gasteiger partial charge in [0.1, 0.15) is 5.76 Å². The number of rotatable bonds is 8. The molecule has 106 valence electrons. The monoisotopic (exact) mass is 265 g/mol. The van der Waals surface area contributed by atoms with Gasteiger partial charge in [0, 0.05) is 18.5 Å². The van der Waals surface area contributed by atoms with E-state index in [2.05, 4.69) is 29.2 Å². The van der Waals surface area contributed by atoms with E-state index in [-0.39, 0.29) is 5.91 Å². The molecule has 0 unspecified atom stereocenters. The summed E-state index contributed by atoms with van der Waals surface area (Å²) in [6.45, 7) is 8.10. The summed E-state index contributed by atoms with van der Waals surface area (Å²) in [6, 6.07) is 1.78. The van der Waals surface area contributed by atoms with E-state index >= 15 is 0 Å². The average Bonchev–Trinajstić information content (AvgIpc) is 3.16. The topological polar surface area (TPSA) is 58.4 Å². The summed E-state index contributed by atoms with van der Waals surface area (Å²) >= 11 is 0. The zero-order chi connectivity index (χ0) is 13.7. The first-order valence-corrected chi connectivity index (χ1v) is 7.21. The maximum absolute atomic E-state index is 11.8. The fourth-order valence-corrected chi connectivity index (χ4v) is 2.09. The van der Waals surface area contributed by atoms with Crippen LogP contribution >= 0.6 is 0 Å². The van der Waals surface area contributed by atoms with Crippen LogP contribution < -0.4 is 5.32 Å². The third-order valence-corrected chi connectivity index (χ3v) is 3.57. The third-order valence-electron chi connectivity index (χ3n) is 3.57. The molecule has 5 nitrogen and oxygen atoms in total. The van der Waals surface area contributed by atoms with Gasteiger partial charge in [-0.25, -0.2) is 0 Å². The van der Waals surface area contributed by atoms with Gasteiger partial charge >= 0.3 is 0 Å². The molecule has 1 amide bonds. The van der Waals surface area contributed by atoms with Crippen LogP contribution in [-0.2, 0) is 0 Å². The summed E-state index contributed by atoms with van der Waals surface area (Å²) in [4.78, 5) is 14.2. The third kappa shape index (κ3) is 4.06. The Hall–Kier alpha value is -1.36. The summed E-state index contributed by atoms with van der Waals surface area (Å²) in [5.74, 6) is 1.22. The van der Waals surface area contributed by atoms with E-state index in [1.807, 2.05) is 0 Å². The highest BCUT2D eigenvalue weighted by Gasteiger charge is 2.28. The molecule has 0 aromatic carbocycles. The Morgan fingerprint density at radius 2 is 2.21 bits per heavy atom. The van der Waals surface area contributed by atoms with E-state index in [4.69, 9.17) is 4.52 Å². The smallest absolute Gasteiger partial charge is 0.273 e. The number of hydrogen-bond donors (Lipinski definition) is 1. The van der Waals surface area contributed by atoms with Gasteiger partial charge < -0.3 is 14.7 Å². The van der Waals surface area contributed by atoms with Crippen LogP contribution in [0.4, 0.5) is 0 Å². The van der Waals surface area contributed by atoms with Crippen molar-refractivity contribution in [2.75, 3.05) is 26.2 Å². The van der Waals surface area contributed by atoms with Crippen molar-refractivity contribution in [2.24, 2.45) is 0 Å². The normalized spacial score (nSPS) is 14.9. The lowest BCUT2D eigenvalue weighted by Gasteiger charge is -2.17. The van der Waals surface area contributed by atoms with E-state index in [9.17, 15) is 4.79 Å². The molecule has 0 spiro atoms. The molecule has 0 aliphatic heterocycles. The maximum atomic E-state index is 11.8. The molecule has 1 aliphatic carbocycles. The summed E-state index contributed by atoms with van der Waals surface area (Å²) in [5.41, 5.74) is 0.407. The molecular weight excluding hydrogens is 242 g/mol. The standard InChI is InChI=1S/C14H23N3O2/c1-3-17(4-2)9-5-8-15-14(18)12-10-13(19-16-12)11-6-7-11/h10-11H,3-9H2,1-2H3,(H,15,18). The van der Waals surface area contributed by atoms with Crippen molar-refractivity contribution in [3.05, 3.63) is 17.5 Å². The predicted octanol–water partition coefficient (Wildman–Crippen LogP) is 2.01. The molecule has 1 N–H and O–H groups in total. The Balaban J connectivity index is 1.68. The van der Waals surface area contributed by atoms with E-state index in [0.717, 1.165) is 44.7 Å². The van der Waals surface area contributed by atoms with Gasteiger partial charge in [-0.05, 0) is 38.9 Å². The van der Waals surface area contributed by atoms with Crippen LogP contribution in [0.15, 0.2) is 10.6 Å². The number of nitrogens with one attached hydrogen (secondary N) is 1. The number of aromatic nitrogens is 1. The lowest BCUT2D eigenvalue weighted by molar-refractivity contribution is 0.0942. The highest BCUT2D eigenvalue weighted by molar-refractivity contribution is 5.92. The van der Waals surface area contributed by atoms with Gasteiger partial charge in [0.2, 0.25) is 0 Å². The minimum Gasteiger partial charge on any atom is -0.360 e. The fraction of sp³-hybridized carbons (Fsp3) is 0.714. The SMILES string of the molecule is CCN(CC)CCCNC(=O)c1cc(C2CC2)on1. The molecule has 0 saturated heterocycles. The van der Waals surface area contributed by atoms with Crippen LogP contribution in [0, 0.1) is 0 Å². The van der Waals surface area contributed by atoms with Crippen molar-refractivity contribution in [1.82, 2.24) is 15.4 Å². The van der Waals surface area contributed by atoms with Crippen LogP contribution in [0.25, 0.3) is 0 Å². The molecule has 1 saturated carbocycles. The van der Waals surface area contributed by atoms with Crippen molar-refractivity contribution in [2.45, 2.75) is 39.0 Å². The highest BCUT2D eigenvalue weighted by atomic mass is 16.5. The summed E-state index contributed by atoms with van der Waals surface area (Å²) in [5, 5.41) is 6.71. The fourth-order valence-electron chi connectivity index (χ4n) is 2.09. The lowest BCUT2D eigenvalue weighted by Crippen LogP contribution is -2.30. The molecule has 0 radical (unpaired) electrons. The van der Waals surface area contributed by atoms with Crippen LogP contribution in [0.1, 0.15) is 55.3 Å². The Morgan fingerprint density at radius 1 is 1.47 bits per heavy atom. The predicted molar refractivity (Wildman–Crippen MR) is 73.2 cm³/mol. The van der Waals surface area contributed by atoms with Crippen LogP contribution in [-0.4, -0.2) is 42.1 Å². The van der Waals surface area contributed by atoms with E-state index in [0.29, 0.717) is 18.2 Å².